The Morgan fingerprint density at radius 3 is 2.46 bits per heavy atom. The third kappa shape index (κ3) is 5.88. The highest BCUT2D eigenvalue weighted by molar-refractivity contribution is 7.92. The van der Waals surface area contributed by atoms with Gasteiger partial charge in [-0.05, 0) is 55.5 Å². The molecule has 0 radical (unpaired) electrons. The molecule has 194 valence electrons. The summed E-state index contributed by atoms with van der Waals surface area (Å²) in [7, 11) is -3.30. The van der Waals surface area contributed by atoms with Crippen LogP contribution >= 0.6 is 0 Å². The maximum absolute atomic E-state index is 13.0. The highest BCUT2D eigenvalue weighted by Crippen LogP contribution is 2.34. The molecule has 2 aromatic rings. The number of alkyl halides is 3. The van der Waals surface area contributed by atoms with Crippen molar-refractivity contribution in [3.63, 3.8) is 0 Å². The third-order valence-corrected chi connectivity index (χ3v) is 9.15. The van der Waals surface area contributed by atoms with Crippen molar-refractivity contribution in [1.82, 2.24) is 15.6 Å². The van der Waals surface area contributed by atoms with Crippen molar-refractivity contribution in [2.24, 2.45) is 0 Å². The van der Waals surface area contributed by atoms with Crippen molar-refractivity contribution < 1.29 is 26.4 Å². The number of carbonyl (C=O) groups excluding carboxylic acids is 1. The molecule has 2 heterocycles. The molecule has 35 heavy (non-hydrogen) atoms. The molecule has 7 nitrogen and oxygen atoms in total. The lowest BCUT2D eigenvalue weighted by Gasteiger charge is -2.38. The fourth-order valence-corrected chi connectivity index (χ4v) is 5.69. The average Bonchev–Trinajstić information content (AvgIpc) is 2.71. The van der Waals surface area contributed by atoms with Gasteiger partial charge in [0.15, 0.2) is 9.84 Å². The van der Waals surface area contributed by atoms with Gasteiger partial charge in [-0.25, -0.2) is 13.4 Å². The van der Waals surface area contributed by atoms with Gasteiger partial charge in [0.2, 0.25) is 0 Å². The number of fused-ring (bicyclic) bond motifs is 1. The van der Waals surface area contributed by atoms with E-state index in [9.17, 15) is 26.4 Å². The van der Waals surface area contributed by atoms with Crippen LogP contribution < -0.4 is 16.0 Å². The molecule has 1 fully saturated rings. The van der Waals surface area contributed by atoms with Crippen LogP contribution in [0.25, 0.3) is 10.9 Å². The number of rotatable bonds is 5. The number of nitrogens with zero attached hydrogens (tertiary/aromatic N) is 1. The van der Waals surface area contributed by atoms with Crippen LogP contribution in [0.4, 0.5) is 18.9 Å². The summed E-state index contributed by atoms with van der Waals surface area (Å²) in [6, 6.07) is 4.38. The van der Waals surface area contributed by atoms with Crippen molar-refractivity contribution in [1.29, 1.82) is 0 Å². The molecule has 1 aliphatic heterocycles. The summed E-state index contributed by atoms with van der Waals surface area (Å²) < 4.78 is 62.1. The van der Waals surface area contributed by atoms with Crippen LogP contribution in [0.5, 0.6) is 0 Å². The Morgan fingerprint density at radius 1 is 1.20 bits per heavy atom. The van der Waals surface area contributed by atoms with Crippen LogP contribution in [0.2, 0.25) is 0 Å². The van der Waals surface area contributed by atoms with Crippen LogP contribution in [-0.4, -0.2) is 61.7 Å². The topological polar surface area (TPSA) is 100 Å². The van der Waals surface area contributed by atoms with Crippen molar-refractivity contribution in [3.8, 4) is 0 Å². The van der Waals surface area contributed by atoms with E-state index in [1.165, 1.54) is 0 Å². The molecule has 1 amide bonds. The molecule has 1 saturated heterocycles. The van der Waals surface area contributed by atoms with E-state index in [-0.39, 0.29) is 18.0 Å². The van der Waals surface area contributed by atoms with Gasteiger partial charge in [-0.15, -0.1) is 0 Å². The molecular formula is C24H33F3N4O3S. The smallest absolute Gasteiger partial charge is 0.376 e. The van der Waals surface area contributed by atoms with Gasteiger partial charge in [-0.2, -0.15) is 13.2 Å². The zero-order chi connectivity index (χ0) is 26.4. The van der Waals surface area contributed by atoms with Gasteiger partial charge >= 0.3 is 6.18 Å². The predicted octanol–water partition coefficient (Wildman–Crippen LogP) is 3.71. The second-order valence-electron chi connectivity index (χ2n) is 10.6. The Kier molecular flexibility index (Phi) is 7.18. The summed E-state index contributed by atoms with van der Waals surface area (Å²) in [6.07, 6.45) is -4.35. The Morgan fingerprint density at radius 2 is 1.86 bits per heavy atom. The molecule has 0 spiro atoms. The molecule has 3 N–H and O–H groups in total. The standard InChI is InChI=1S/C24H33F3N4O3S/c1-14-9-18(21(32)29-12-19-23(5,6)35(33,34)8-7-28-19)31-20-16(14)10-15(30-13-24(25,26)27)11-17(20)22(2,3)4/h9-11,19,28,30H,7-8,12-13H2,1-6H3,(H,29,32). The van der Waals surface area contributed by atoms with Crippen molar-refractivity contribution >= 4 is 32.3 Å². The van der Waals surface area contributed by atoms with E-state index in [0.29, 0.717) is 34.3 Å². The quantitative estimate of drug-likeness (QED) is 0.563. The molecule has 0 aliphatic carbocycles. The van der Waals surface area contributed by atoms with Crippen LogP contribution in [0.1, 0.15) is 56.2 Å². The molecular weight excluding hydrogens is 481 g/mol. The van der Waals surface area contributed by atoms with E-state index in [1.807, 2.05) is 20.8 Å². The van der Waals surface area contributed by atoms with E-state index >= 15 is 0 Å². The van der Waals surface area contributed by atoms with Gasteiger partial charge in [-0.3, -0.25) is 4.79 Å². The summed E-state index contributed by atoms with van der Waals surface area (Å²) >= 11 is 0. The fourth-order valence-electron chi connectivity index (χ4n) is 4.18. The molecule has 1 aromatic carbocycles. The van der Waals surface area contributed by atoms with Crippen LogP contribution in [0.3, 0.4) is 0 Å². The van der Waals surface area contributed by atoms with Crippen molar-refractivity contribution in [3.05, 3.63) is 35.0 Å². The van der Waals surface area contributed by atoms with E-state index in [2.05, 4.69) is 20.9 Å². The SMILES string of the molecule is Cc1cc(C(=O)NCC2NCCS(=O)(=O)C2(C)C)nc2c(C(C)(C)C)cc(NCC(F)(F)F)cc12. The molecule has 3 rings (SSSR count). The highest BCUT2D eigenvalue weighted by Gasteiger charge is 2.44. The Bertz CT molecular complexity index is 1240. The first-order valence-electron chi connectivity index (χ1n) is 11.4. The van der Waals surface area contributed by atoms with Gasteiger partial charge in [0.1, 0.15) is 12.2 Å². The van der Waals surface area contributed by atoms with Gasteiger partial charge in [-0.1, -0.05) is 20.8 Å². The van der Waals surface area contributed by atoms with E-state index in [4.69, 9.17) is 0 Å². The number of sulfone groups is 1. The van der Waals surface area contributed by atoms with E-state index in [0.717, 1.165) is 0 Å². The largest absolute Gasteiger partial charge is 0.405 e. The second kappa shape index (κ2) is 9.24. The number of hydrogen-bond acceptors (Lipinski definition) is 6. The third-order valence-electron chi connectivity index (χ3n) is 6.52. The monoisotopic (exact) mass is 514 g/mol. The number of hydrogen-bond donors (Lipinski definition) is 3. The number of carbonyl (C=O) groups is 1. The second-order valence-corrected chi connectivity index (χ2v) is 13.3. The number of halogens is 3. The van der Waals surface area contributed by atoms with Crippen LogP contribution in [0.15, 0.2) is 18.2 Å². The number of amides is 1. The lowest BCUT2D eigenvalue weighted by atomic mass is 9.84. The first-order valence-corrected chi connectivity index (χ1v) is 13.1. The minimum absolute atomic E-state index is 0.0469. The minimum Gasteiger partial charge on any atom is -0.376 e. The first kappa shape index (κ1) is 27.2. The normalized spacial score (nSPS) is 20.0. The highest BCUT2D eigenvalue weighted by atomic mass is 32.2. The van der Waals surface area contributed by atoms with Gasteiger partial charge in [0.05, 0.1) is 16.0 Å². The fraction of sp³-hybridized carbons (Fsp3) is 0.583. The number of anilines is 1. The minimum atomic E-state index is -4.35. The molecule has 11 heteroatoms. The summed E-state index contributed by atoms with van der Waals surface area (Å²) in [5, 5.41) is 9.05. The zero-order valence-electron chi connectivity index (χ0n) is 20.9. The average molecular weight is 515 g/mol. The summed E-state index contributed by atoms with van der Waals surface area (Å²) in [6.45, 7) is 10.1. The predicted molar refractivity (Wildman–Crippen MR) is 132 cm³/mol. The molecule has 1 aliphatic rings. The summed E-state index contributed by atoms with van der Waals surface area (Å²) in [4.78, 5) is 17.6. The summed E-state index contributed by atoms with van der Waals surface area (Å²) in [5.74, 6) is -0.402. The maximum atomic E-state index is 13.0. The number of pyridine rings is 1. The molecule has 1 atom stereocenters. The number of aryl methyl sites for hydroxylation is 1. The van der Waals surface area contributed by atoms with Crippen molar-refractivity contribution in [2.45, 2.75) is 63.9 Å². The summed E-state index contributed by atoms with van der Waals surface area (Å²) in [5.41, 5.74) is 1.98. The number of aromatic nitrogens is 1. The molecule has 0 saturated carbocycles. The zero-order valence-corrected chi connectivity index (χ0v) is 21.7. The van der Waals surface area contributed by atoms with E-state index < -0.39 is 44.7 Å². The number of nitrogens with one attached hydrogen (secondary N) is 3. The Balaban J connectivity index is 1.93. The number of benzene rings is 1. The lowest BCUT2D eigenvalue weighted by molar-refractivity contribution is -0.115. The van der Waals surface area contributed by atoms with Crippen LogP contribution in [0, 0.1) is 6.92 Å². The van der Waals surface area contributed by atoms with Gasteiger partial charge in [0.25, 0.3) is 5.91 Å². The Hall–Kier alpha value is -2.40. The lowest BCUT2D eigenvalue weighted by Crippen LogP contribution is -2.62. The maximum Gasteiger partial charge on any atom is 0.405 e. The molecule has 1 aromatic heterocycles. The molecule has 0 bridgehead atoms. The van der Waals surface area contributed by atoms with Gasteiger partial charge < -0.3 is 16.0 Å². The first-order chi connectivity index (χ1) is 15.9. The Labute approximate surface area is 204 Å². The van der Waals surface area contributed by atoms with Crippen molar-refractivity contribution in [2.75, 3.05) is 30.7 Å². The molecule has 1 unspecified atom stereocenters. The van der Waals surface area contributed by atoms with Gasteiger partial charge in [0, 0.05) is 30.2 Å². The van der Waals surface area contributed by atoms with E-state index in [1.54, 1.807) is 39.0 Å². The van der Waals surface area contributed by atoms with Crippen LogP contribution in [-0.2, 0) is 15.3 Å².